The van der Waals surface area contributed by atoms with E-state index in [4.69, 9.17) is 0 Å². The number of aryl methyl sites for hydroxylation is 1. The Labute approximate surface area is 190 Å². The summed E-state index contributed by atoms with van der Waals surface area (Å²) in [6, 6.07) is 14.2. The lowest BCUT2D eigenvalue weighted by Gasteiger charge is -2.08. The maximum Gasteiger partial charge on any atom is 0.255 e. The molecule has 1 aromatic heterocycles. The number of anilines is 1. The molecule has 6 nitrogen and oxygen atoms in total. The zero-order chi connectivity index (χ0) is 22.3. The number of thioether (sulfide) groups is 1. The third kappa shape index (κ3) is 7.32. The molecule has 0 aliphatic rings. The number of thiazole rings is 1. The van der Waals surface area contributed by atoms with Gasteiger partial charge < -0.3 is 5.32 Å². The molecule has 2 aromatic carbocycles. The van der Waals surface area contributed by atoms with E-state index in [2.05, 4.69) is 21.6 Å². The smallest absolute Gasteiger partial charge is 0.255 e. The topological polar surface area (TPSA) is 88.2 Å². The number of hydrogen-bond donors (Lipinski definition) is 2. The van der Waals surface area contributed by atoms with Gasteiger partial charge in [-0.15, -0.1) is 17.9 Å². The Morgan fingerprint density at radius 1 is 1.13 bits per heavy atom. The molecule has 1 amide bonds. The third-order valence-corrected chi connectivity index (χ3v) is 7.72. The maximum absolute atomic E-state index is 12.5. The Bertz CT molecular complexity index is 1140. The van der Waals surface area contributed by atoms with Gasteiger partial charge in [-0.3, -0.25) is 4.79 Å². The van der Waals surface area contributed by atoms with Gasteiger partial charge in [-0.1, -0.05) is 42.1 Å². The van der Waals surface area contributed by atoms with E-state index in [0.717, 1.165) is 21.3 Å². The van der Waals surface area contributed by atoms with Crippen molar-refractivity contribution in [1.29, 1.82) is 0 Å². The van der Waals surface area contributed by atoms with E-state index in [1.807, 2.05) is 24.4 Å². The second kappa shape index (κ2) is 10.7. The first-order valence-electron chi connectivity index (χ1n) is 9.47. The molecule has 3 aromatic rings. The van der Waals surface area contributed by atoms with Gasteiger partial charge in [-0.05, 0) is 42.3 Å². The van der Waals surface area contributed by atoms with Gasteiger partial charge in [0.2, 0.25) is 10.0 Å². The Morgan fingerprint density at radius 3 is 2.42 bits per heavy atom. The summed E-state index contributed by atoms with van der Waals surface area (Å²) in [6.07, 6.45) is 1.49. The molecule has 0 unspecified atom stereocenters. The average molecular weight is 474 g/mol. The predicted octanol–water partition coefficient (Wildman–Crippen LogP) is 4.60. The summed E-state index contributed by atoms with van der Waals surface area (Å²) >= 11 is 3.31. The number of carbonyl (C=O) groups is 1. The molecule has 0 radical (unpaired) electrons. The first kappa shape index (κ1) is 23.2. The molecule has 0 spiro atoms. The van der Waals surface area contributed by atoms with Crippen molar-refractivity contribution < 1.29 is 13.2 Å². The van der Waals surface area contributed by atoms with E-state index in [1.165, 1.54) is 6.08 Å². The van der Waals surface area contributed by atoms with Crippen molar-refractivity contribution in [2.45, 2.75) is 22.8 Å². The molecule has 0 saturated carbocycles. The third-order valence-electron chi connectivity index (χ3n) is 4.19. The van der Waals surface area contributed by atoms with Crippen molar-refractivity contribution in [1.82, 2.24) is 9.71 Å². The lowest BCUT2D eigenvalue weighted by molar-refractivity contribution is 0.102. The zero-order valence-corrected chi connectivity index (χ0v) is 19.4. The minimum Gasteiger partial charge on any atom is -0.322 e. The first-order valence-corrected chi connectivity index (χ1v) is 13.0. The molecule has 3 rings (SSSR count). The monoisotopic (exact) mass is 473 g/mol. The van der Waals surface area contributed by atoms with Gasteiger partial charge in [0.25, 0.3) is 5.91 Å². The van der Waals surface area contributed by atoms with Crippen LogP contribution in [0.2, 0.25) is 0 Å². The largest absolute Gasteiger partial charge is 0.322 e. The summed E-state index contributed by atoms with van der Waals surface area (Å²) in [7, 11) is -3.41. The average Bonchev–Trinajstić information content (AvgIpc) is 3.17. The summed E-state index contributed by atoms with van der Waals surface area (Å²) in [5.74, 6) is 0.443. The number of amides is 1. The number of nitrogens with zero attached hydrogens (tertiary/aromatic N) is 1. The summed E-state index contributed by atoms with van der Waals surface area (Å²) in [5.41, 5.74) is 3.93. The summed E-state index contributed by atoms with van der Waals surface area (Å²) in [5, 5.41) is 4.86. The Morgan fingerprint density at radius 2 is 1.81 bits per heavy atom. The second-order valence-electron chi connectivity index (χ2n) is 6.79. The Balaban J connectivity index is 1.54. The SMILES string of the molecule is C=CCNS(=O)(=O)Cc1ccc(NC(=O)c2ccc(CSc3nc(C)cs3)cc2)cc1. The highest BCUT2D eigenvalue weighted by atomic mass is 32.2. The van der Waals surface area contributed by atoms with Gasteiger partial charge in [-0.25, -0.2) is 18.1 Å². The number of benzene rings is 2. The normalized spacial score (nSPS) is 11.3. The molecule has 0 fully saturated rings. The van der Waals surface area contributed by atoms with Crippen LogP contribution in [-0.4, -0.2) is 25.9 Å². The van der Waals surface area contributed by atoms with Gasteiger partial charge in [-0.2, -0.15) is 0 Å². The van der Waals surface area contributed by atoms with Gasteiger partial charge in [0, 0.05) is 34.6 Å². The number of carbonyl (C=O) groups excluding carboxylic acids is 1. The lowest BCUT2D eigenvalue weighted by atomic mass is 10.1. The Kier molecular flexibility index (Phi) is 8.03. The summed E-state index contributed by atoms with van der Waals surface area (Å²) in [4.78, 5) is 16.9. The van der Waals surface area contributed by atoms with E-state index in [0.29, 0.717) is 16.8 Å². The fourth-order valence-corrected chi connectivity index (χ4v) is 5.55. The van der Waals surface area contributed by atoms with Crippen LogP contribution in [0.15, 0.2) is 70.9 Å². The summed E-state index contributed by atoms with van der Waals surface area (Å²) < 4.78 is 27.3. The molecule has 162 valence electrons. The number of aromatic nitrogens is 1. The molecule has 0 aliphatic carbocycles. The molecule has 31 heavy (non-hydrogen) atoms. The maximum atomic E-state index is 12.5. The number of hydrogen-bond acceptors (Lipinski definition) is 6. The lowest BCUT2D eigenvalue weighted by Crippen LogP contribution is -2.25. The minimum atomic E-state index is -3.41. The number of rotatable bonds is 10. The van der Waals surface area contributed by atoms with Crippen molar-refractivity contribution in [3.05, 3.63) is 89.0 Å². The molecule has 0 atom stereocenters. The quantitative estimate of drug-likeness (QED) is 0.332. The van der Waals surface area contributed by atoms with E-state index >= 15 is 0 Å². The van der Waals surface area contributed by atoms with E-state index in [9.17, 15) is 13.2 Å². The molecular weight excluding hydrogens is 450 g/mol. The van der Waals surface area contributed by atoms with Gasteiger partial charge in [0.15, 0.2) is 0 Å². The van der Waals surface area contributed by atoms with E-state index < -0.39 is 10.0 Å². The van der Waals surface area contributed by atoms with Crippen molar-refractivity contribution >= 4 is 44.7 Å². The van der Waals surface area contributed by atoms with Gasteiger partial charge in [0.1, 0.15) is 4.34 Å². The van der Waals surface area contributed by atoms with Gasteiger partial charge >= 0.3 is 0 Å². The molecule has 0 saturated heterocycles. The standard InChI is InChI=1S/C22H23N3O3S3/c1-3-12-23-31(27,28)15-18-6-10-20(11-7-18)25-21(26)19-8-4-17(5-9-19)14-30-22-24-16(2)13-29-22/h3-11,13,23H,1,12,14-15H2,2H3,(H,25,26). The van der Waals surface area contributed by atoms with E-state index in [-0.39, 0.29) is 18.2 Å². The predicted molar refractivity (Wildman–Crippen MR) is 128 cm³/mol. The van der Waals surface area contributed by atoms with E-state index in [1.54, 1.807) is 59.5 Å². The Hall–Kier alpha value is -2.46. The highest BCUT2D eigenvalue weighted by Gasteiger charge is 2.11. The molecule has 1 heterocycles. The first-order chi connectivity index (χ1) is 14.8. The van der Waals surface area contributed by atoms with Crippen LogP contribution in [0.1, 0.15) is 27.2 Å². The van der Waals surface area contributed by atoms with Crippen LogP contribution in [0.3, 0.4) is 0 Å². The van der Waals surface area contributed by atoms with Crippen LogP contribution in [-0.2, 0) is 21.5 Å². The van der Waals surface area contributed by atoms with Crippen LogP contribution in [0.5, 0.6) is 0 Å². The van der Waals surface area contributed by atoms with Gasteiger partial charge in [0.05, 0.1) is 5.75 Å². The van der Waals surface area contributed by atoms with Crippen LogP contribution in [0.25, 0.3) is 0 Å². The second-order valence-corrected chi connectivity index (χ2v) is 10.7. The summed E-state index contributed by atoms with van der Waals surface area (Å²) in [6.45, 7) is 5.66. The fraction of sp³-hybridized carbons (Fsp3) is 0.182. The fourth-order valence-electron chi connectivity index (χ4n) is 2.64. The molecule has 9 heteroatoms. The van der Waals surface area contributed by atoms with Crippen LogP contribution in [0.4, 0.5) is 5.69 Å². The zero-order valence-electron chi connectivity index (χ0n) is 17.0. The van der Waals surface area contributed by atoms with Crippen molar-refractivity contribution in [3.63, 3.8) is 0 Å². The van der Waals surface area contributed by atoms with Crippen molar-refractivity contribution in [3.8, 4) is 0 Å². The highest BCUT2D eigenvalue weighted by Crippen LogP contribution is 2.26. The number of nitrogens with one attached hydrogen (secondary N) is 2. The molecule has 0 aliphatic heterocycles. The van der Waals surface area contributed by atoms with Crippen molar-refractivity contribution in [2.24, 2.45) is 0 Å². The van der Waals surface area contributed by atoms with Crippen molar-refractivity contribution in [2.75, 3.05) is 11.9 Å². The van der Waals surface area contributed by atoms with Crippen LogP contribution in [0, 0.1) is 6.92 Å². The molecule has 0 bridgehead atoms. The van der Waals surface area contributed by atoms with Crippen LogP contribution >= 0.6 is 23.1 Å². The highest BCUT2D eigenvalue weighted by molar-refractivity contribution is 8.00. The molecule has 2 N–H and O–H groups in total. The minimum absolute atomic E-state index is 0.130. The van der Waals surface area contributed by atoms with Crippen LogP contribution < -0.4 is 10.0 Å². The molecular formula is C22H23N3O3S3. The number of sulfonamides is 1.